The fraction of sp³-hybridized carbons (Fsp3) is 0.200. The number of ether oxygens (including phenoxy) is 2. The molecule has 8 heteroatoms. The highest BCUT2D eigenvalue weighted by Gasteiger charge is 2.12. The number of hydrogen-bond acceptors (Lipinski definition) is 6. The lowest BCUT2D eigenvalue weighted by molar-refractivity contribution is -0.147. The molecule has 0 fully saturated rings. The third kappa shape index (κ3) is 6.14. The normalized spacial score (nSPS) is 9.71. The largest absolute Gasteiger partial charge is 0.496 e. The van der Waals surface area contributed by atoms with E-state index >= 15 is 0 Å². The molecule has 0 saturated heterocycles. The summed E-state index contributed by atoms with van der Waals surface area (Å²) in [5.41, 5.74) is 1.20. The van der Waals surface area contributed by atoms with Gasteiger partial charge in [-0.05, 0) is 30.3 Å². The third-order valence-electron chi connectivity index (χ3n) is 3.61. The fourth-order valence-electron chi connectivity index (χ4n) is 2.29. The molecule has 144 valence electrons. The van der Waals surface area contributed by atoms with E-state index in [-0.39, 0.29) is 18.9 Å². The Balaban J connectivity index is 1.71. The summed E-state index contributed by atoms with van der Waals surface area (Å²) in [6, 6.07) is 15.0. The summed E-state index contributed by atoms with van der Waals surface area (Å²) in [5.74, 6) is -1.09. The molecule has 2 rings (SSSR count). The number of nitrogens with zero attached hydrogens (tertiary/aromatic N) is 1. The van der Waals surface area contributed by atoms with E-state index in [2.05, 4.69) is 10.6 Å². The van der Waals surface area contributed by atoms with Crippen molar-refractivity contribution >= 4 is 23.5 Å². The standard InChI is InChI=1S/C20H19N3O5/c1-27-17-8-3-2-7-16(17)20(26)22-10-9-19(25)28-13-18(24)23-15-6-4-5-14(11-15)12-21/h2-8,11H,9-10,13H2,1H3,(H,22,26)(H,23,24). The predicted molar refractivity (Wildman–Crippen MR) is 101 cm³/mol. The number of nitrogens with one attached hydrogen (secondary N) is 2. The Morgan fingerprint density at radius 2 is 1.89 bits per heavy atom. The van der Waals surface area contributed by atoms with Crippen LogP contribution in [0.2, 0.25) is 0 Å². The molecule has 0 aliphatic rings. The van der Waals surface area contributed by atoms with Gasteiger partial charge < -0.3 is 20.1 Å². The van der Waals surface area contributed by atoms with Crippen LogP contribution in [0.15, 0.2) is 48.5 Å². The average molecular weight is 381 g/mol. The van der Waals surface area contributed by atoms with Crippen LogP contribution >= 0.6 is 0 Å². The van der Waals surface area contributed by atoms with Crippen molar-refractivity contribution in [1.82, 2.24) is 5.32 Å². The van der Waals surface area contributed by atoms with Gasteiger partial charge in [-0.1, -0.05) is 18.2 Å². The second-order valence-corrected chi connectivity index (χ2v) is 5.61. The number of benzene rings is 2. The van der Waals surface area contributed by atoms with Crippen molar-refractivity contribution in [3.05, 3.63) is 59.7 Å². The van der Waals surface area contributed by atoms with Crippen LogP contribution < -0.4 is 15.4 Å². The van der Waals surface area contributed by atoms with E-state index in [1.807, 2.05) is 6.07 Å². The Bertz CT molecular complexity index is 905. The van der Waals surface area contributed by atoms with E-state index < -0.39 is 18.5 Å². The molecular weight excluding hydrogens is 362 g/mol. The first-order valence-electron chi connectivity index (χ1n) is 8.40. The molecule has 2 aromatic carbocycles. The molecule has 0 aliphatic heterocycles. The minimum Gasteiger partial charge on any atom is -0.496 e. The van der Waals surface area contributed by atoms with Gasteiger partial charge in [-0.25, -0.2) is 0 Å². The van der Waals surface area contributed by atoms with Gasteiger partial charge in [0.2, 0.25) is 0 Å². The molecule has 0 atom stereocenters. The van der Waals surface area contributed by atoms with E-state index in [9.17, 15) is 14.4 Å². The number of anilines is 1. The van der Waals surface area contributed by atoms with E-state index in [4.69, 9.17) is 14.7 Å². The zero-order valence-electron chi connectivity index (χ0n) is 15.2. The fourth-order valence-corrected chi connectivity index (χ4v) is 2.29. The predicted octanol–water partition coefficient (Wildman–Crippen LogP) is 1.87. The van der Waals surface area contributed by atoms with Gasteiger partial charge in [0.15, 0.2) is 6.61 Å². The van der Waals surface area contributed by atoms with Gasteiger partial charge in [0.25, 0.3) is 11.8 Å². The first-order valence-corrected chi connectivity index (χ1v) is 8.40. The van der Waals surface area contributed by atoms with Crippen molar-refractivity contribution in [3.63, 3.8) is 0 Å². The summed E-state index contributed by atoms with van der Waals surface area (Å²) in [5, 5.41) is 14.0. The van der Waals surface area contributed by atoms with Crippen LogP contribution in [0.25, 0.3) is 0 Å². The second kappa shape index (κ2) is 10.3. The molecule has 0 heterocycles. The zero-order valence-corrected chi connectivity index (χ0v) is 15.2. The van der Waals surface area contributed by atoms with Crippen LogP contribution in [0.5, 0.6) is 5.75 Å². The van der Waals surface area contributed by atoms with Gasteiger partial charge in [-0.15, -0.1) is 0 Å². The Kier molecular flexibility index (Phi) is 7.54. The molecule has 0 aromatic heterocycles. The van der Waals surface area contributed by atoms with Crippen LogP contribution in [0, 0.1) is 11.3 Å². The number of carbonyl (C=O) groups is 3. The molecule has 0 aliphatic carbocycles. The van der Waals surface area contributed by atoms with Gasteiger partial charge in [0.05, 0.1) is 30.7 Å². The maximum Gasteiger partial charge on any atom is 0.308 e. The maximum absolute atomic E-state index is 12.1. The molecule has 0 bridgehead atoms. The number of hydrogen-bond donors (Lipinski definition) is 2. The Morgan fingerprint density at radius 3 is 2.64 bits per heavy atom. The first-order chi connectivity index (χ1) is 13.5. The van der Waals surface area contributed by atoms with Crippen molar-refractivity contribution < 1.29 is 23.9 Å². The number of amides is 2. The number of methoxy groups -OCH3 is 1. The van der Waals surface area contributed by atoms with E-state index in [1.54, 1.807) is 42.5 Å². The van der Waals surface area contributed by atoms with Crippen LogP contribution in [0.4, 0.5) is 5.69 Å². The Labute approximate surface area is 162 Å². The highest BCUT2D eigenvalue weighted by Crippen LogP contribution is 2.16. The summed E-state index contributed by atoms with van der Waals surface area (Å²) in [6.45, 7) is -0.405. The average Bonchev–Trinajstić information content (AvgIpc) is 2.72. The Hall–Kier alpha value is -3.86. The SMILES string of the molecule is COc1ccccc1C(=O)NCCC(=O)OCC(=O)Nc1cccc(C#N)c1. The summed E-state index contributed by atoms with van der Waals surface area (Å²) in [6.07, 6.45) is -0.0852. The zero-order chi connectivity index (χ0) is 20.4. The molecule has 0 radical (unpaired) electrons. The quantitative estimate of drug-likeness (QED) is 0.674. The summed E-state index contributed by atoms with van der Waals surface area (Å²) < 4.78 is 9.98. The minimum atomic E-state index is -0.624. The van der Waals surface area contributed by atoms with Crippen molar-refractivity contribution in [3.8, 4) is 11.8 Å². The van der Waals surface area contributed by atoms with E-state index in [0.29, 0.717) is 22.6 Å². The topological polar surface area (TPSA) is 118 Å². The number of para-hydroxylation sites is 1. The molecular formula is C20H19N3O5. The summed E-state index contributed by atoms with van der Waals surface area (Å²) in [4.78, 5) is 35.6. The van der Waals surface area contributed by atoms with Crippen LogP contribution in [-0.4, -0.2) is 38.0 Å². The number of rotatable bonds is 8. The Morgan fingerprint density at radius 1 is 1.11 bits per heavy atom. The number of esters is 1. The van der Waals surface area contributed by atoms with Crippen LogP contribution in [0.3, 0.4) is 0 Å². The van der Waals surface area contributed by atoms with Crippen molar-refractivity contribution in [2.45, 2.75) is 6.42 Å². The molecule has 8 nitrogen and oxygen atoms in total. The first kappa shape index (κ1) is 20.5. The van der Waals surface area contributed by atoms with E-state index in [1.165, 1.54) is 13.2 Å². The van der Waals surface area contributed by atoms with Crippen LogP contribution in [-0.2, 0) is 14.3 Å². The highest BCUT2D eigenvalue weighted by atomic mass is 16.5. The van der Waals surface area contributed by atoms with Gasteiger partial charge in [-0.3, -0.25) is 14.4 Å². The van der Waals surface area contributed by atoms with Crippen LogP contribution in [0.1, 0.15) is 22.3 Å². The van der Waals surface area contributed by atoms with Gasteiger partial charge in [-0.2, -0.15) is 5.26 Å². The minimum absolute atomic E-state index is 0.0571. The molecule has 28 heavy (non-hydrogen) atoms. The van der Waals surface area contributed by atoms with Crippen molar-refractivity contribution in [1.29, 1.82) is 5.26 Å². The third-order valence-corrected chi connectivity index (χ3v) is 3.61. The number of carbonyl (C=O) groups excluding carboxylic acids is 3. The van der Waals surface area contributed by atoms with Gasteiger partial charge >= 0.3 is 5.97 Å². The lowest BCUT2D eigenvalue weighted by Gasteiger charge is -2.09. The molecule has 2 N–H and O–H groups in total. The van der Waals surface area contributed by atoms with Crippen molar-refractivity contribution in [2.75, 3.05) is 25.6 Å². The molecule has 2 aromatic rings. The van der Waals surface area contributed by atoms with Gasteiger partial charge in [0, 0.05) is 12.2 Å². The maximum atomic E-state index is 12.1. The second-order valence-electron chi connectivity index (χ2n) is 5.61. The van der Waals surface area contributed by atoms with Gasteiger partial charge in [0.1, 0.15) is 5.75 Å². The monoisotopic (exact) mass is 381 g/mol. The smallest absolute Gasteiger partial charge is 0.308 e. The molecule has 0 unspecified atom stereocenters. The number of nitriles is 1. The lowest BCUT2D eigenvalue weighted by Crippen LogP contribution is -2.28. The van der Waals surface area contributed by atoms with E-state index in [0.717, 1.165) is 0 Å². The highest BCUT2D eigenvalue weighted by molar-refractivity contribution is 5.97. The molecule has 0 spiro atoms. The van der Waals surface area contributed by atoms with Crippen molar-refractivity contribution in [2.24, 2.45) is 0 Å². The molecule has 2 amide bonds. The molecule has 0 saturated carbocycles. The summed E-state index contributed by atoms with van der Waals surface area (Å²) in [7, 11) is 1.46. The lowest BCUT2D eigenvalue weighted by atomic mass is 10.2. The summed E-state index contributed by atoms with van der Waals surface area (Å²) >= 11 is 0.